The molecule has 0 heterocycles. The Morgan fingerprint density at radius 3 is 1.61 bits per heavy atom. The number of allylic oxidation sites excluding steroid dienone is 10. The van der Waals surface area contributed by atoms with E-state index in [-0.39, 0.29) is 24.9 Å². The van der Waals surface area contributed by atoms with Crippen LogP contribution in [0.3, 0.4) is 0 Å². The van der Waals surface area contributed by atoms with Gasteiger partial charge >= 0.3 is 5.97 Å². The number of carbonyl (C=O) groups excluding carboxylic acids is 2. The van der Waals surface area contributed by atoms with Gasteiger partial charge in [0.1, 0.15) is 6.10 Å². The van der Waals surface area contributed by atoms with Crippen LogP contribution in [0.25, 0.3) is 0 Å². The normalized spacial score (nSPS) is 13.9. The van der Waals surface area contributed by atoms with Gasteiger partial charge in [-0.2, -0.15) is 0 Å². The number of esters is 1. The van der Waals surface area contributed by atoms with E-state index in [2.05, 4.69) is 68.6 Å². The minimum Gasteiger partial charge on any atom is -0.462 e. The molecule has 1 amide bonds. The molecule has 0 bridgehead atoms. The first-order valence-corrected chi connectivity index (χ1v) is 23.6. The second-order valence-corrected chi connectivity index (χ2v) is 15.9. The quantitative estimate of drug-likeness (QED) is 0.0248. The zero-order valence-electron chi connectivity index (χ0n) is 36.8. The van der Waals surface area contributed by atoms with E-state index in [0.717, 1.165) is 103 Å². The van der Waals surface area contributed by atoms with Crippen LogP contribution < -0.4 is 5.32 Å². The highest BCUT2D eigenvalue weighted by molar-refractivity contribution is 5.77. The molecule has 6 heteroatoms. The van der Waals surface area contributed by atoms with Crippen molar-refractivity contribution in [1.29, 1.82) is 0 Å². The molecule has 0 spiro atoms. The Morgan fingerprint density at radius 2 is 1.02 bits per heavy atom. The zero-order chi connectivity index (χ0) is 41.0. The Kier molecular flexibility index (Phi) is 41.8. The topological polar surface area (TPSA) is 95.9 Å². The van der Waals surface area contributed by atoms with Crippen LogP contribution in [0.5, 0.6) is 0 Å². The molecular formula is C50H89NO5. The van der Waals surface area contributed by atoms with Gasteiger partial charge in [0.15, 0.2) is 0 Å². The molecule has 0 saturated carbocycles. The Balaban J connectivity index is 4.50. The highest BCUT2D eigenvalue weighted by Gasteiger charge is 2.24. The van der Waals surface area contributed by atoms with Crippen LogP contribution in [0.4, 0.5) is 0 Å². The van der Waals surface area contributed by atoms with Crippen LogP contribution in [0.15, 0.2) is 60.8 Å². The average Bonchev–Trinajstić information content (AvgIpc) is 3.19. The predicted octanol–water partition coefficient (Wildman–Crippen LogP) is 13.7. The van der Waals surface area contributed by atoms with E-state index in [1.54, 1.807) is 0 Å². The molecule has 3 atom stereocenters. The van der Waals surface area contributed by atoms with Gasteiger partial charge in [-0.05, 0) is 64.2 Å². The van der Waals surface area contributed by atoms with Crippen molar-refractivity contribution in [2.75, 3.05) is 6.61 Å². The van der Waals surface area contributed by atoms with Gasteiger partial charge < -0.3 is 20.3 Å². The van der Waals surface area contributed by atoms with Crippen LogP contribution in [-0.4, -0.2) is 46.9 Å². The summed E-state index contributed by atoms with van der Waals surface area (Å²) in [6.45, 7) is 6.25. The lowest BCUT2D eigenvalue weighted by atomic mass is 10.0. The van der Waals surface area contributed by atoms with E-state index in [1.165, 1.54) is 70.6 Å². The summed E-state index contributed by atoms with van der Waals surface area (Å²) in [5.74, 6) is -0.523. The molecule has 0 fully saturated rings. The standard InChI is InChI=1S/C50H89NO5/c1-4-7-10-13-16-19-21-23-25-27-29-31-34-37-40-43-50(55)56-46(41-38-35-32-18-15-12-9-6-3)44-49(54)51-47(45-52)48(53)42-39-36-33-30-28-26-24-22-20-17-14-11-8-5-2/h7,10,12-13,15-16,19,21,23,25,46-48,52-53H,4-6,8-9,11,14,17-18,20,22,24,26-45H2,1-3H3,(H,51,54)/b10-7+,15-12-,16-13+,21-19+,25-23-. The minimum atomic E-state index is -0.795. The largest absolute Gasteiger partial charge is 0.462 e. The smallest absolute Gasteiger partial charge is 0.306 e. The summed E-state index contributed by atoms with van der Waals surface area (Å²) < 4.78 is 5.87. The molecule has 324 valence electrons. The van der Waals surface area contributed by atoms with Gasteiger partial charge in [0.25, 0.3) is 0 Å². The lowest BCUT2D eigenvalue weighted by Crippen LogP contribution is -2.46. The molecule has 3 unspecified atom stereocenters. The van der Waals surface area contributed by atoms with Crippen molar-refractivity contribution < 1.29 is 24.5 Å². The number of ether oxygens (including phenoxy) is 1. The maximum atomic E-state index is 13.1. The lowest BCUT2D eigenvalue weighted by molar-refractivity contribution is -0.151. The third-order valence-corrected chi connectivity index (χ3v) is 10.4. The maximum absolute atomic E-state index is 13.1. The van der Waals surface area contributed by atoms with Gasteiger partial charge in [0.2, 0.25) is 5.91 Å². The van der Waals surface area contributed by atoms with Crippen molar-refractivity contribution in [2.45, 2.75) is 238 Å². The van der Waals surface area contributed by atoms with Crippen LogP contribution in [0, 0.1) is 0 Å². The third kappa shape index (κ3) is 38.4. The Hall–Kier alpha value is -2.44. The SMILES string of the molecule is CC/C=C/C=C/C=C/C=C\CCCCCCCC(=O)OC(CCCCC/C=C\CCC)CC(=O)NC(CO)C(O)CCCCCCCCCCCCCCCC. The molecule has 56 heavy (non-hydrogen) atoms. The molecule has 3 N–H and O–H groups in total. The summed E-state index contributed by atoms with van der Waals surface area (Å²) in [5.41, 5.74) is 0. The van der Waals surface area contributed by atoms with E-state index >= 15 is 0 Å². The summed E-state index contributed by atoms with van der Waals surface area (Å²) in [6, 6.07) is -0.710. The fourth-order valence-electron chi connectivity index (χ4n) is 6.85. The van der Waals surface area contributed by atoms with E-state index in [1.807, 2.05) is 18.2 Å². The molecule has 6 nitrogen and oxygen atoms in total. The van der Waals surface area contributed by atoms with Crippen LogP contribution in [0.2, 0.25) is 0 Å². The first kappa shape index (κ1) is 53.6. The summed E-state index contributed by atoms with van der Waals surface area (Å²) in [5, 5.41) is 23.6. The first-order valence-electron chi connectivity index (χ1n) is 23.6. The summed E-state index contributed by atoms with van der Waals surface area (Å²) >= 11 is 0. The van der Waals surface area contributed by atoms with Crippen LogP contribution in [-0.2, 0) is 14.3 Å². The van der Waals surface area contributed by atoms with E-state index < -0.39 is 18.2 Å². The number of amides is 1. The number of carbonyl (C=O) groups is 2. The highest BCUT2D eigenvalue weighted by Crippen LogP contribution is 2.17. The number of hydrogen-bond acceptors (Lipinski definition) is 5. The van der Waals surface area contributed by atoms with Crippen molar-refractivity contribution in [1.82, 2.24) is 5.32 Å². The number of aliphatic hydroxyl groups excluding tert-OH is 2. The van der Waals surface area contributed by atoms with Gasteiger partial charge in [-0.1, -0.05) is 204 Å². The Bertz CT molecular complexity index is 1010. The second-order valence-electron chi connectivity index (χ2n) is 15.9. The van der Waals surface area contributed by atoms with E-state index in [9.17, 15) is 19.8 Å². The highest BCUT2D eigenvalue weighted by atomic mass is 16.5. The molecule has 0 aromatic rings. The molecule has 0 aromatic heterocycles. The molecule has 0 radical (unpaired) electrons. The monoisotopic (exact) mass is 784 g/mol. The lowest BCUT2D eigenvalue weighted by Gasteiger charge is -2.24. The number of nitrogens with one attached hydrogen (secondary N) is 1. The van der Waals surface area contributed by atoms with Crippen LogP contribution in [0.1, 0.15) is 220 Å². The number of unbranched alkanes of at least 4 members (excludes halogenated alkanes) is 22. The van der Waals surface area contributed by atoms with Crippen LogP contribution >= 0.6 is 0 Å². The molecular weight excluding hydrogens is 695 g/mol. The van der Waals surface area contributed by atoms with Gasteiger partial charge in [0.05, 0.1) is 25.2 Å². The maximum Gasteiger partial charge on any atom is 0.306 e. The van der Waals surface area contributed by atoms with Crippen molar-refractivity contribution in [3.05, 3.63) is 60.8 Å². The zero-order valence-corrected chi connectivity index (χ0v) is 36.8. The Morgan fingerprint density at radius 1 is 0.536 bits per heavy atom. The molecule has 0 aliphatic heterocycles. The number of hydrogen-bond donors (Lipinski definition) is 3. The molecule has 0 rings (SSSR count). The van der Waals surface area contributed by atoms with Crippen molar-refractivity contribution >= 4 is 11.9 Å². The average molecular weight is 784 g/mol. The first-order chi connectivity index (χ1) is 27.5. The number of rotatable bonds is 41. The summed E-state index contributed by atoms with van der Waals surface area (Å²) in [6.07, 6.45) is 52.9. The van der Waals surface area contributed by atoms with Gasteiger partial charge in [-0.25, -0.2) is 0 Å². The van der Waals surface area contributed by atoms with E-state index in [4.69, 9.17) is 4.74 Å². The van der Waals surface area contributed by atoms with Gasteiger partial charge in [-0.15, -0.1) is 0 Å². The molecule has 0 aliphatic carbocycles. The molecule has 0 saturated heterocycles. The minimum absolute atomic E-state index is 0.0547. The second kappa shape index (κ2) is 43.7. The van der Waals surface area contributed by atoms with Crippen molar-refractivity contribution in [3.63, 3.8) is 0 Å². The molecule has 0 aromatic carbocycles. The fraction of sp³-hybridized carbons (Fsp3) is 0.760. The molecule has 0 aliphatic rings. The summed E-state index contributed by atoms with van der Waals surface area (Å²) in [4.78, 5) is 25.9. The third-order valence-electron chi connectivity index (χ3n) is 10.4. The number of aliphatic hydroxyl groups is 2. The summed E-state index contributed by atoms with van der Waals surface area (Å²) in [7, 11) is 0. The fourth-order valence-corrected chi connectivity index (χ4v) is 6.85. The van der Waals surface area contributed by atoms with Gasteiger partial charge in [-0.3, -0.25) is 9.59 Å². The Labute approximate surface area is 346 Å². The van der Waals surface area contributed by atoms with Crippen molar-refractivity contribution in [2.24, 2.45) is 0 Å². The van der Waals surface area contributed by atoms with E-state index in [0.29, 0.717) is 19.3 Å². The van der Waals surface area contributed by atoms with Gasteiger partial charge in [0, 0.05) is 6.42 Å². The predicted molar refractivity (Wildman–Crippen MR) is 241 cm³/mol. The van der Waals surface area contributed by atoms with Crippen molar-refractivity contribution in [3.8, 4) is 0 Å².